The van der Waals surface area contributed by atoms with Crippen molar-refractivity contribution in [1.29, 1.82) is 0 Å². The minimum Gasteiger partial charge on any atom is -0.0843 e. The van der Waals surface area contributed by atoms with Crippen LogP contribution >= 0.6 is 11.6 Å². The van der Waals surface area contributed by atoms with Crippen LogP contribution in [0, 0.1) is 17.3 Å². The summed E-state index contributed by atoms with van der Waals surface area (Å²) in [6, 6.07) is 0. The molecule has 0 spiro atoms. The van der Waals surface area contributed by atoms with E-state index >= 15 is 0 Å². The second kappa shape index (κ2) is 3.27. The van der Waals surface area contributed by atoms with E-state index in [0.29, 0.717) is 5.92 Å². The van der Waals surface area contributed by atoms with Crippen LogP contribution < -0.4 is 0 Å². The van der Waals surface area contributed by atoms with Crippen molar-refractivity contribution in [1.82, 2.24) is 0 Å². The summed E-state index contributed by atoms with van der Waals surface area (Å²) < 4.78 is 0. The second-order valence-electron chi connectivity index (χ2n) is 4.81. The lowest BCUT2D eigenvalue weighted by Gasteiger charge is -2.43. The van der Waals surface area contributed by atoms with Crippen molar-refractivity contribution in [2.24, 2.45) is 17.3 Å². The Kier molecular flexibility index (Phi) is 2.35. The van der Waals surface area contributed by atoms with E-state index in [1.165, 1.54) is 12.0 Å². The van der Waals surface area contributed by atoms with Gasteiger partial charge >= 0.3 is 0 Å². The van der Waals surface area contributed by atoms with Crippen LogP contribution in [0.4, 0.5) is 0 Å². The van der Waals surface area contributed by atoms with Crippen molar-refractivity contribution in [2.45, 2.75) is 27.2 Å². The van der Waals surface area contributed by atoms with Crippen LogP contribution in [0.1, 0.15) is 27.2 Å². The summed E-state index contributed by atoms with van der Waals surface area (Å²) in [5.74, 6) is 1.46. The average Bonchev–Trinajstić information content (AvgIpc) is 2.16. The highest BCUT2D eigenvalue weighted by Crippen LogP contribution is 2.48. The van der Waals surface area contributed by atoms with Crippen molar-refractivity contribution in [2.75, 3.05) is 0 Å². The van der Waals surface area contributed by atoms with E-state index in [4.69, 9.17) is 11.6 Å². The van der Waals surface area contributed by atoms with Crippen LogP contribution in [0.25, 0.3) is 0 Å². The molecule has 76 valence electrons. The maximum absolute atomic E-state index is 6.02. The highest BCUT2D eigenvalue weighted by Gasteiger charge is 2.38. The fourth-order valence-corrected chi connectivity index (χ4v) is 2.68. The predicted molar refractivity (Wildman–Crippen MR) is 62.2 cm³/mol. The van der Waals surface area contributed by atoms with Crippen molar-refractivity contribution >= 4 is 11.6 Å². The SMILES string of the molecule is C[C@@H]1[C@@H](C)CC=C2C=C(Cl)C=C[C@@]21C. The molecule has 0 nitrogen and oxygen atoms in total. The van der Waals surface area contributed by atoms with Gasteiger partial charge in [-0.05, 0) is 36.0 Å². The van der Waals surface area contributed by atoms with E-state index in [9.17, 15) is 0 Å². The number of hydrogen-bond donors (Lipinski definition) is 0. The molecule has 0 aromatic carbocycles. The number of fused-ring (bicyclic) bond motifs is 1. The third-order valence-electron chi connectivity index (χ3n) is 4.01. The van der Waals surface area contributed by atoms with Gasteiger partial charge in [0.05, 0.1) is 0 Å². The Morgan fingerprint density at radius 1 is 1.43 bits per heavy atom. The summed E-state index contributed by atoms with van der Waals surface area (Å²) in [6.45, 7) is 6.99. The first kappa shape index (κ1) is 10.0. The molecule has 0 heterocycles. The molecule has 2 aliphatic carbocycles. The van der Waals surface area contributed by atoms with E-state index in [-0.39, 0.29) is 5.41 Å². The molecule has 0 aromatic heterocycles. The number of hydrogen-bond acceptors (Lipinski definition) is 0. The average molecular weight is 209 g/mol. The summed E-state index contributed by atoms with van der Waals surface area (Å²) in [6.07, 6.45) is 9.94. The molecule has 0 aromatic rings. The van der Waals surface area contributed by atoms with E-state index in [0.717, 1.165) is 11.0 Å². The summed E-state index contributed by atoms with van der Waals surface area (Å²) in [5.41, 5.74) is 1.60. The van der Waals surface area contributed by atoms with Gasteiger partial charge in [-0.3, -0.25) is 0 Å². The zero-order chi connectivity index (χ0) is 10.3. The van der Waals surface area contributed by atoms with Gasteiger partial charge in [-0.15, -0.1) is 0 Å². The quantitative estimate of drug-likeness (QED) is 0.557. The molecule has 0 aliphatic heterocycles. The Hall–Kier alpha value is -0.490. The lowest BCUT2D eigenvalue weighted by atomic mass is 9.62. The third-order valence-corrected chi connectivity index (χ3v) is 4.25. The van der Waals surface area contributed by atoms with Crippen molar-refractivity contribution in [3.63, 3.8) is 0 Å². The molecule has 3 atom stereocenters. The zero-order valence-corrected chi connectivity index (χ0v) is 9.81. The molecule has 2 aliphatic rings. The molecular weight excluding hydrogens is 192 g/mol. The molecule has 0 fully saturated rings. The smallest absolute Gasteiger partial charge is 0.0406 e. The minimum atomic E-state index is 0.204. The summed E-state index contributed by atoms with van der Waals surface area (Å²) in [7, 11) is 0. The van der Waals surface area contributed by atoms with Gasteiger partial charge in [0.25, 0.3) is 0 Å². The van der Waals surface area contributed by atoms with Crippen LogP contribution in [0.3, 0.4) is 0 Å². The highest BCUT2D eigenvalue weighted by molar-refractivity contribution is 6.31. The first-order valence-corrected chi connectivity index (χ1v) is 5.69. The number of halogens is 1. The van der Waals surface area contributed by atoms with Gasteiger partial charge < -0.3 is 0 Å². The maximum atomic E-state index is 6.02. The molecule has 14 heavy (non-hydrogen) atoms. The monoisotopic (exact) mass is 208 g/mol. The van der Waals surface area contributed by atoms with Gasteiger partial charge in [-0.2, -0.15) is 0 Å². The topological polar surface area (TPSA) is 0 Å². The van der Waals surface area contributed by atoms with Crippen LogP contribution in [0.2, 0.25) is 0 Å². The fourth-order valence-electron chi connectivity index (χ4n) is 2.50. The Labute approximate surface area is 91.3 Å². The molecule has 0 N–H and O–H groups in total. The standard InChI is InChI=1S/C13H17Cl/c1-9-4-5-11-8-12(14)6-7-13(11,3)10(9)2/h5-10H,4H2,1-3H3/t9-,10+,13+/m0/s1. The Bertz CT molecular complexity index is 335. The van der Waals surface area contributed by atoms with Crippen LogP contribution in [-0.4, -0.2) is 0 Å². The van der Waals surface area contributed by atoms with Gasteiger partial charge in [0.2, 0.25) is 0 Å². The molecule has 0 saturated heterocycles. The summed E-state index contributed by atoms with van der Waals surface area (Å²) in [5, 5.41) is 0.857. The summed E-state index contributed by atoms with van der Waals surface area (Å²) in [4.78, 5) is 0. The maximum Gasteiger partial charge on any atom is 0.0406 e. The van der Waals surface area contributed by atoms with Gasteiger partial charge in [0.1, 0.15) is 0 Å². The number of allylic oxidation sites excluding steroid dienone is 6. The van der Waals surface area contributed by atoms with Crippen LogP contribution in [0.15, 0.2) is 34.9 Å². The molecule has 0 unspecified atom stereocenters. The van der Waals surface area contributed by atoms with E-state index in [2.05, 4.69) is 39.0 Å². The van der Waals surface area contributed by atoms with Crippen molar-refractivity contribution in [3.8, 4) is 0 Å². The lowest BCUT2D eigenvalue weighted by molar-refractivity contribution is 0.225. The normalized spacial score (nSPS) is 41.4. The molecule has 1 heteroatoms. The Morgan fingerprint density at radius 3 is 2.86 bits per heavy atom. The fraction of sp³-hybridized carbons (Fsp3) is 0.538. The first-order valence-electron chi connectivity index (χ1n) is 5.31. The van der Waals surface area contributed by atoms with E-state index in [1.54, 1.807) is 0 Å². The van der Waals surface area contributed by atoms with E-state index < -0.39 is 0 Å². The Morgan fingerprint density at radius 2 is 2.14 bits per heavy atom. The number of rotatable bonds is 0. The van der Waals surface area contributed by atoms with Gasteiger partial charge in [-0.1, -0.05) is 44.5 Å². The Balaban J connectivity index is 2.45. The molecule has 0 radical (unpaired) electrons. The second-order valence-corrected chi connectivity index (χ2v) is 5.24. The van der Waals surface area contributed by atoms with Crippen LogP contribution in [0.5, 0.6) is 0 Å². The van der Waals surface area contributed by atoms with Gasteiger partial charge in [0, 0.05) is 10.4 Å². The summed E-state index contributed by atoms with van der Waals surface area (Å²) >= 11 is 6.02. The first-order chi connectivity index (χ1) is 6.54. The third kappa shape index (κ3) is 1.37. The van der Waals surface area contributed by atoms with Crippen LogP contribution in [-0.2, 0) is 0 Å². The van der Waals surface area contributed by atoms with Crippen molar-refractivity contribution < 1.29 is 0 Å². The lowest BCUT2D eigenvalue weighted by Crippen LogP contribution is -2.33. The largest absolute Gasteiger partial charge is 0.0843 e. The zero-order valence-electron chi connectivity index (χ0n) is 9.05. The molecular formula is C13H17Cl. The van der Waals surface area contributed by atoms with Gasteiger partial charge in [-0.25, -0.2) is 0 Å². The van der Waals surface area contributed by atoms with Gasteiger partial charge in [0.15, 0.2) is 0 Å². The highest BCUT2D eigenvalue weighted by atomic mass is 35.5. The minimum absolute atomic E-state index is 0.204. The molecule has 0 saturated carbocycles. The van der Waals surface area contributed by atoms with E-state index in [1.807, 2.05) is 6.08 Å². The molecule has 2 rings (SSSR count). The predicted octanol–water partition coefficient (Wildman–Crippen LogP) is 4.29. The molecule has 0 bridgehead atoms. The van der Waals surface area contributed by atoms with Crippen molar-refractivity contribution in [3.05, 3.63) is 34.9 Å². The molecule has 0 amide bonds.